The molecule has 0 spiro atoms. The Morgan fingerprint density at radius 2 is 1.53 bits per heavy atom. The molecule has 0 saturated heterocycles. The smallest absolute Gasteiger partial charge is 0.276 e. The van der Waals surface area contributed by atoms with Crippen LogP contribution >= 0.6 is 0 Å². The summed E-state index contributed by atoms with van der Waals surface area (Å²) in [5.74, 6) is -0.0420. The Kier molecular flexibility index (Phi) is 6.82. The SMILES string of the molecule is O=C(CCCc1c[nH]c2ccccc12)NNC(=O)COc1ccccc1-c1ccccc1. The minimum atomic E-state index is -0.419. The van der Waals surface area contributed by atoms with Crippen molar-refractivity contribution in [2.75, 3.05) is 6.61 Å². The molecule has 2 amide bonds. The zero-order chi connectivity index (χ0) is 22.2. The van der Waals surface area contributed by atoms with Crippen molar-refractivity contribution in [3.05, 3.63) is 90.6 Å². The molecule has 0 fully saturated rings. The van der Waals surface area contributed by atoms with Crippen LogP contribution in [0.4, 0.5) is 0 Å². The van der Waals surface area contributed by atoms with Crippen LogP contribution in [0.25, 0.3) is 22.0 Å². The van der Waals surface area contributed by atoms with Crippen molar-refractivity contribution in [2.45, 2.75) is 19.3 Å². The van der Waals surface area contributed by atoms with E-state index in [4.69, 9.17) is 4.74 Å². The monoisotopic (exact) mass is 427 g/mol. The Bertz CT molecular complexity index is 1200. The van der Waals surface area contributed by atoms with E-state index >= 15 is 0 Å². The first-order chi connectivity index (χ1) is 15.7. The standard InChI is InChI=1S/C26H25N3O3/c30-25(16-8-11-20-17-27-23-14-6-4-12-21(20)23)28-29-26(31)18-32-24-15-7-5-13-22(24)19-9-2-1-3-10-19/h1-7,9-10,12-15,17,27H,8,11,16,18H2,(H,28,30)(H,29,31). The van der Waals surface area contributed by atoms with Gasteiger partial charge < -0.3 is 9.72 Å². The topological polar surface area (TPSA) is 83.2 Å². The molecule has 0 bridgehead atoms. The summed E-state index contributed by atoms with van der Waals surface area (Å²) >= 11 is 0. The van der Waals surface area contributed by atoms with Crippen LogP contribution in [-0.4, -0.2) is 23.4 Å². The van der Waals surface area contributed by atoms with Crippen LogP contribution in [0.15, 0.2) is 85.1 Å². The predicted octanol–water partition coefficient (Wildman–Crippen LogP) is 4.38. The van der Waals surface area contributed by atoms with E-state index in [2.05, 4.69) is 21.9 Å². The van der Waals surface area contributed by atoms with E-state index in [1.165, 1.54) is 10.9 Å². The summed E-state index contributed by atoms with van der Waals surface area (Å²) in [6.07, 6.45) is 3.77. The minimum Gasteiger partial charge on any atom is -0.483 e. The summed E-state index contributed by atoms with van der Waals surface area (Å²) in [5, 5.41) is 1.18. The Labute approximate surface area is 186 Å². The van der Waals surface area contributed by atoms with Crippen molar-refractivity contribution in [1.82, 2.24) is 15.8 Å². The highest BCUT2D eigenvalue weighted by Gasteiger charge is 2.10. The van der Waals surface area contributed by atoms with E-state index in [0.29, 0.717) is 18.6 Å². The lowest BCUT2D eigenvalue weighted by Crippen LogP contribution is -2.43. The van der Waals surface area contributed by atoms with E-state index in [9.17, 15) is 9.59 Å². The lowest BCUT2D eigenvalue weighted by Gasteiger charge is -2.12. The van der Waals surface area contributed by atoms with Crippen molar-refractivity contribution in [3.63, 3.8) is 0 Å². The number of carbonyl (C=O) groups excluding carboxylic acids is 2. The number of H-pyrrole nitrogens is 1. The normalized spacial score (nSPS) is 10.6. The molecule has 0 aliphatic carbocycles. The van der Waals surface area contributed by atoms with Gasteiger partial charge in [-0.1, -0.05) is 66.7 Å². The number of hydrogen-bond acceptors (Lipinski definition) is 3. The summed E-state index contributed by atoms with van der Waals surface area (Å²) in [7, 11) is 0. The molecular weight excluding hydrogens is 402 g/mol. The molecule has 3 aromatic carbocycles. The number of nitrogens with one attached hydrogen (secondary N) is 3. The van der Waals surface area contributed by atoms with Gasteiger partial charge in [0.05, 0.1) is 0 Å². The summed E-state index contributed by atoms with van der Waals surface area (Å²) in [6, 6.07) is 25.4. The fourth-order valence-electron chi connectivity index (χ4n) is 3.61. The quantitative estimate of drug-likeness (QED) is 0.365. The predicted molar refractivity (Wildman–Crippen MR) is 125 cm³/mol. The molecule has 162 valence electrons. The molecule has 0 aliphatic rings. The first-order valence-electron chi connectivity index (χ1n) is 10.6. The number of amides is 2. The van der Waals surface area contributed by atoms with Gasteiger partial charge in [0.15, 0.2) is 6.61 Å². The number of ether oxygens (including phenoxy) is 1. The molecular formula is C26H25N3O3. The molecule has 4 aromatic rings. The Balaban J connectivity index is 1.20. The highest BCUT2D eigenvalue weighted by molar-refractivity contribution is 5.84. The van der Waals surface area contributed by atoms with Crippen LogP contribution in [-0.2, 0) is 16.0 Å². The molecule has 1 aromatic heterocycles. The second-order valence-corrected chi connectivity index (χ2v) is 7.46. The summed E-state index contributed by atoms with van der Waals surface area (Å²) in [4.78, 5) is 27.4. The third kappa shape index (κ3) is 5.35. The number of hydrazine groups is 1. The van der Waals surface area contributed by atoms with Gasteiger partial charge in [0.2, 0.25) is 5.91 Å². The summed E-state index contributed by atoms with van der Waals surface area (Å²) < 4.78 is 5.69. The van der Waals surface area contributed by atoms with Gasteiger partial charge in [0.25, 0.3) is 5.91 Å². The van der Waals surface area contributed by atoms with Gasteiger partial charge in [-0.3, -0.25) is 20.4 Å². The maximum Gasteiger partial charge on any atom is 0.276 e. The average molecular weight is 428 g/mol. The molecule has 0 atom stereocenters. The van der Waals surface area contributed by atoms with E-state index in [1.54, 1.807) is 0 Å². The van der Waals surface area contributed by atoms with Gasteiger partial charge in [0, 0.05) is 29.1 Å². The molecule has 0 aliphatic heterocycles. The van der Waals surface area contributed by atoms with Crippen LogP contribution in [0, 0.1) is 0 Å². The largest absolute Gasteiger partial charge is 0.483 e. The maximum absolute atomic E-state index is 12.1. The number of carbonyl (C=O) groups is 2. The summed E-state index contributed by atoms with van der Waals surface area (Å²) in [6.45, 7) is -0.195. The number of aryl methyl sites for hydroxylation is 1. The highest BCUT2D eigenvalue weighted by Crippen LogP contribution is 2.29. The van der Waals surface area contributed by atoms with Gasteiger partial charge in [-0.25, -0.2) is 0 Å². The Morgan fingerprint density at radius 3 is 2.41 bits per heavy atom. The number of aromatic nitrogens is 1. The van der Waals surface area contributed by atoms with Crippen molar-refractivity contribution < 1.29 is 14.3 Å². The van der Waals surface area contributed by atoms with Crippen molar-refractivity contribution in [3.8, 4) is 16.9 Å². The number of hydrogen-bond donors (Lipinski definition) is 3. The van der Waals surface area contributed by atoms with Gasteiger partial charge in [0.1, 0.15) is 5.75 Å². The van der Waals surface area contributed by atoms with Crippen molar-refractivity contribution >= 4 is 22.7 Å². The van der Waals surface area contributed by atoms with Gasteiger partial charge in [-0.2, -0.15) is 0 Å². The molecule has 6 nitrogen and oxygen atoms in total. The van der Waals surface area contributed by atoms with Crippen LogP contribution < -0.4 is 15.6 Å². The number of para-hydroxylation sites is 2. The molecule has 3 N–H and O–H groups in total. The Hall–Kier alpha value is -4.06. The number of fused-ring (bicyclic) bond motifs is 1. The third-order valence-corrected chi connectivity index (χ3v) is 5.20. The molecule has 0 radical (unpaired) electrons. The van der Waals surface area contributed by atoms with Crippen molar-refractivity contribution in [1.29, 1.82) is 0 Å². The second-order valence-electron chi connectivity index (χ2n) is 7.46. The van der Waals surface area contributed by atoms with E-state index < -0.39 is 5.91 Å². The van der Waals surface area contributed by atoms with Crippen LogP contribution in [0.2, 0.25) is 0 Å². The lowest BCUT2D eigenvalue weighted by atomic mass is 10.1. The fraction of sp³-hybridized carbons (Fsp3) is 0.154. The number of aromatic amines is 1. The first-order valence-corrected chi connectivity index (χ1v) is 10.6. The zero-order valence-electron chi connectivity index (χ0n) is 17.6. The van der Waals surface area contributed by atoms with Crippen LogP contribution in [0.3, 0.4) is 0 Å². The van der Waals surface area contributed by atoms with Gasteiger partial charge in [-0.05, 0) is 36.1 Å². The zero-order valence-corrected chi connectivity index (χ0v) is 17.6. The van der Waals surface area contributed by atoms with Gasteiger partial charge in [-0.15, -0.1) is 0 Å². The number of rotatable bonds is 8. The molecule has 6 heteroatoms. The Morgan fingerprint density at radius 1 is 0.812 bits per heavy atom. The van der Waals surface area contributed by atoms with E-state index in [0.717, 1.165) is 23.1 Å². The van der Waals surface area contributed by atoms with Crippen molar-refractivity contribution in [2.24, 2.45) is 0 Å². The second kappa shape index (κ2) is 10.3. The molecule has 0 saturated carbocycles. The van der Waals surface area contributed by atoms with Crippen LogP contribution in [0.5, 0.6) is 5.75 Å². The first kappa shape index (κ1) is 21.2. The highest BCUT2D eigenvalue weighted by atomic mass is 16.5. The molecule has 32 heavy (non-hydrogen) atoms. The molecule has 0 unspecified atom stereocenters. The van der Waals surface area contributed by atoms with E-state index in [-0.39, 0.29) is 12.5 Å². The summed E-state index contributed by atoms with van der Waals surface area (Å²) in [5.41, 5.74) is 9.06. The number of benzene rings is 3. The maximum atomic E-state index is 12.1. The van der Waals surface area contributed by atoms with Gasteiger partial charge >= 0.3 is 0 Å². The molecule has 1 heterocycles. The molecule has 4 rings (SSSR count). The minimum absolute atomic E-state index is 0.195. The lowest BCUT2D eigenvalue weighted by molar-refractivity contribution is -0.130. The van der Waals surface area contributed by atoms with Crippen LogP contribution in [0.1, 0.15) is 18.4 Å². The van der Waals surface area contributed by atoms with E-state index in [1.807, 2.05) is 79.0 Å². The average Bonchev–Trinajstić information content (AvgIpc) is 3.25. The fourth-order valence-corrected chi connectivity index (χ4v) is 3.61. The third-order valence-electron chi connectivity index (χ3n) is 5.20.